The van der Waals surface area contributed by atoms with Crippen LogP contribution in [0.5, 0.6) is 5.75 Å². The first-order valence-corrected chi connectivity index (χ1v) is 6.00. The highest BCUT2D eigenvalue weighted by Crippen LogP contribution is 2.28. The SMILES string of the molecule is CCN(CCO)c1ccc(C(C)NC)c(O)c1. The molecule has 0 amide bonds. The van der Waals surface area contributed by atoms with Gasteiger partial charge in [-0.25, -0.2) is 0 Å². The zero-order chi connectivity index (χ0) is 12.8. The number of benzene rings is 1. The van der Waals surface area contributed by atoms with Crippen molar-refractivity contribution in [3.05, 3.63) is 23.8 Å². The predicted octanol–water partition coefficient (Wildman–Crippen LogP) is 1.49. The normalized spacial score (nSPS) is 12.5. The fourth-order valence-corrected chi connectivity index (χ4v) is 1.84. The number of phenolic OH excluding ortho intramolecular Hbond substituents is 1. The number of aliphatic hydroxyl groups excluding tert-OH is 1. The van der Waals surface area contributed by atoms with E-state index in [0.29, 0.717) is 12.3 Å². The lowest BCUT2D eigenvalue weighted by Crippen LogP contribution is -2.26. The lowest BCUT2D eigenvalue weighted by Gasteiger charge is -2.23. The third-order valence-electron chi connectivity index (χ3n) is 3.03. The minimum Gasteiger partial charge on any atom is -0.508 e. The van der Waals surface area contributed by atoms with Crippen LogP contribution >= 0.6 is 0 Å². The smallest absolute Gasteiger partial charge is 0.122 e. The highest BCUT2D eigenvalue weighted by molar-refractivity contribution is 5.54. The number of nitrogens with one attached hydrogen (secondary N) is 1. The Bertz CT molecular complexity index is 355. The Labute approximate surface area is 103 Å². The molecule has 0 radical (unpaired) electrons. The molecule has 0 heterocycles. The molecule has 4 nitrogen and oxygen atoms in total. The molecule has 0 aliphatic rings. The highest BCUT2D eigenvalue weighted by atomic mass is 16.3. The molecule has 1 aromatic rings. The number of aliphatic hydroxyl groups is 1. The zero-order valence-corrected chi connectivity index (χ0v) is 10.8. The molecule has 1 aromatic carbocycles. The molecule has 4 heteroatoms. The average Bonchev–Trinajstić information content (AvgIpc) is 2.35. The van der Waals surface area contributed by atoms with Crippen LogP contribution < -0.4 is 10.2 Å². The van der Waals surface area contributed by atoms with Gasteiger partial charge >= 0.3 is 0 Å². The first kappa shape index (κ1) is 13.8. The Kier molecular flexibility index (Phi) is 5.25. The Morgan fingerprint density at radius 1 is 1.41 bits per heavy atom. The predicted molar refractivity (Wildman–Crippen MR) is 70.6 cm³/mol. The van der Waals surface area contributed by atoms with Crippen molar-refractivity contribution in [2.24, 2.45) is 0 Å². The van der Waals surface area contributed by atoms with Gasteiger partial charge in [0.25, 0.3) is 0 Å². The monoisotopic (exact) mass is 238 g/mol. The number of hydrogen-bond donors (Lipinski definition) is 3. The molecule has 0 bridgehead atoms. The first-order valence-electron chi connectivity index (χ1n) is 6.00. The van der Waals surface area contributed by atoms with Gasteiger partial charge in [0.1, 0.15) is 5.75 Å². The van der Waals surface area contributed by atoms with E-state index in [0.717, 1.165) is 17.8 Å². The van der Waals surface area contributed by atoms with Crippen LogP contribution in [0.4, 0.5) is 5.69 Å². The molecule has 17 heavy (non-hydrogen) atoms. The Morgan fingerprint density at radius 3 is 2.59 bits per heavy atom. The Morgan fingerprint density at radius 2 is 2.12 bits per heavy atom. The van der Waals surface area contributed by atoms with Crippen LogP contribution in [0.2, 0.25) is 0 Å². The van der Waals surface area contributed by atoms with Crippen molar-refractivity contribution in [1.82, 2.24) is 5.32 Å². The third-order valence-corrected chi connectivity index (χ3v) is 3.03. The molecular formula is C13H22N2O2. The van der Waals surface area contributed by atoms with Gasteiger partial charge in [-0.2, -0.15) is 0 Å². The van der Waals surface area contributed by atoms with Crippen LogP contribution in [0.3, 0.4) is 0 Å². The highest BCUT2D eigenvalue weighted by Gasteiger charge is 2.11. The Hall–Kier alpha value is -1.26. The van der Waals surface area contributed by atoms with Crippen LogP contribution in [-0.4, -0.2) is 37.0 Å². The fraction of sp³-hybridized carbons (Fsp3) is 0.538. The van der Waals surface area contributed by atoms with E-state index in [4.69, 9.17) is 5.11 Å². The quantitative estimate of drug-likeness (QED) is 0.703. The van der Waals surface area contributed by atoms with Crippen LogP contribution in [0.1, 0.15) is 25.5 Å². The van der Waals surface area contributed by atoms with E-state index < -0.39 is 0 Å². The van der Waals surface area contributed by atoms with Gasteiger partial charge in [0.05, 0.1) is 6.61 Å². The minimum absolute atomic E-state index is 0.114. The molecule has 0 aliphatic heterocycles. The average molecular weight is 238 g/mol. The summed E-state index contributed by atoms with van der Waals surface area (Å²) in [7, 11) is 1.86. The second kappa shape index (κ2) is 6.47. The summed E-state index contributed by atoms with van der Waals surface area (Å²) in [5.41, 5.74) is 1.82. The van der Waals surface area contributed by atoms with E-state index in [1.54, 1.807) is 6.07 Å². The lowest BCUT2D eigenvalue weighted by atomic mass is 10.1. The molecule has 1 unspecified atom stereocenters. The summed E-state index contributed by atoms with van der Waals surface area (Å²) < 4.78 is 0. The summed E-state index contributed by atoms with van der Waals surface area (Å²) in [6.07, 6.45) is 0. The second-order valence-electron chi connectivity index (χ2n) is 4.06. The van der Waals surface area contributed by atoms with Gasteiger partial charge in [-0.3, -0.25) is 0 Å². The molecule has 0 saturated carbocycles. The summed E-state index contributed by atoms with van der Waals surface area (Å²) in [5, 5.41) is 22.0. The number of hydrogen-bond acceptors (Lipinski definition) is 4. The largest absolute Gasteiger partial charge is 0.508 e. The summed E-state index contributed by atoms with van der Waals surface area (Å²) in [5.74, 6) is 0.292. The Balaban J connectivity index is 2.94. The van der Waals surface area contributed by atoms with Crippen molar-refractivity contribution in [1.29, 1.82) is 0 Å². The first-order chi connectivity index (χ1) is 8.13. The van der Waals surface area contributed by atoms with Crippen molar-refractivity contribution < 1.29 is 10.2 Å². The maximum Gasteiger partial charge on any atom is 0.122 e. The molecule has 3 N–H and O–H groups in total. The van der Waals surface area contributed by atoms with Gasteiger partial charge in [0.15, 0.2) is 0 Å². The van der Waals surface area contributed by atoms with E-state index in [9.17, 15) is 5.11 Å². The van der Waals surface area contributed by atoms with Crippen LogP contribution in [0.25, 0.3) is 0 Å². The van der Waals surface area contributed by atoms with Crippen molar-refractivity contribution in [2.75, 3.05) is 31.6 Å². The van der Waals surface area contributed by atoms with Crippen molar-refractivity contribution in [2.45, 2.75) is 19.9 Å². The molecule has 0 spiro atoms. The maximum absolute atomic E-state index is 9.98. The number of aromatic hydroxyl groups is 1. The number of phenols is 1. The molecule has 0 aromatic heterocycles. The topological polar surface area (TPSA) is 55.7 Å². The van der Waals surface area contributed by atoms with Gasteiger partial charge in [-0.05, 0) is 27.0 Å². The molecule has 0 fully saturated rings. The van der Waals surface area contributed by atoms with Gasteiger partial charge in [-0.15, -0.1) is 0 Å². The summed E-state index contributed by atoms with van der Waals surface area (Å²) >= 11 is 0. The van der Waals surface area contributed by atoms with Crippen molar-refractivity contribution >= 4 is 5.69 Å². The number of rotatable bonds is 6. The third kappa shape index (κ3) is 3.35. The standard InChI is InChI=1S/C13H22N2O2/c1-4-15(7-8-16)11-5-6-12(10(2)14-3)13(17)9-11/h5-6,9-10,14,16-17H,4,7-8H2,1-3H3. The van der Waals surface area contributed by atoms with Gasteiger partial charge in [0, 0.05) is 36.4 Å². The van der Waals surface area contributed by atoms with E-state index in [2.05, 4.69) is 5.32 Å². The number of likely N-dealkylation sites (N-methyl/N-ethyl adjacent to an activating group) is 1. The maximum atomic E-state index is 9.98. The molecule has 1 rings (SSSR count). The van der Waals surface area contributed by atoms with Gasteiger partial charge in [-0.1, -0.05) is 6.07 Å². The fourth-order valence-electron chi connectivity index (χ4n) is 1.84. The molecular weight excluding hydrogens is 216 g/mol. The molecule has 1 atom stereocenters. The summed E-state index contributed by atoms with van der Waals surface area (Å²) in [6.45, 7) is 5.53. The summed E-state index contributed by atoms with van der Waals surface area (Å²) in [6, 6.07) is 5.77. The molecule has 96 valence electrons. The van der Waals surface area contributed by atoms with Crippen molar-refractivity contribution in [3.63, 3.8) is 0 Å². The van der Waals surface area contributed by atoms with E-state index >= 15 is 0 Å². The van der Waals surface area contributed by atoms with Crippen molar-refractivity contribution in [3.8, 4) is 5.75 Å². The number of anilines is 1. The second-order valence-corrected chi connectivity index (χ2v) is 4.06. The van der Waals surface area contributed by atoms with E-state index in [-0.39, 0.29) is 12.6 Å². The summed E-state index contributed by atoms with van der Waals surface area (Å²) in [4.78, 5) is 2.02. The number of nitrogens with zero attached hydrogens (tertiary/aromatic N) is 1. The lowest BCUT2D eigenvalue weighted by molar-refractivity contribution is 0.302. The zero-order valence-electron chi connectivity index (χ0n) is 10.8. The molecule has 0 aliphatic carbocycles. The van der Waals surface area contributed by atoms with Crippen LogP contribution in [-0.2, 0) is 0 Å². The van der Waals surface area contributed by atoms with E-state index in [1.165, 1.54) is 0 Å². The van der Waals surface area contributed by atoms with Crippen LogP contribution in [0.15, 0.2) is 18.2 Å². The minimum atomic E-state index is 0.114. The van der Waals surface area contributed by atoms with Crippen LogP contribution in [0, 0.1) is 0 Å². The van der Waals surface area contributed by atoms with Gasteiger partial charge < -0.3 is 20.4 Å². The van der Waals surface area contributed by atoms with E-state index in [1.807, 2.05) is 37.9 Å². The molecule has 0 saturated heterocycles. The van der Waals surface area contributed by atoms with Gasteiger partial charge in [0.2, 0.25) is 0 Å².